The molecule has 0 unspecified atom stereocenters. The largest absolute Gasteiger partial charge is 0.451 e. The highest BCUT2D eigenvalue weighted by atomic mass is 32.2. The van der Waals surface area contributed by atoms with Crippen molar-refractivity contribution in [3.8, 4) is 0 Å². The summed E-state index contributed by atoms with van der Waals surface area (Å²) < 4.78 is 31.4. The van der Waals surface area contributed by atoms with Crippen LogP contribution in [0, 0.1) is 13.8 Å². The molecule has 1 aromatic carbocycles. The van der Waals surface area contributed by atoms with Crippen LogP contribution in [0.5, 0.6) is 0 Å². The number of sulfonamides is 1. The molecule has 0 radical (unpaired) electrons. The second-order valence-corrected chi connectivity index (χ2v) is 7.64. The minimum atomic E-state index is -3.85. The summed E-state index contributed by atoms with van der Waals surface area (Å²) in [7, 11) is -3.85. The normalized spacial score (nSPS) is 12.1. The average molecular weight is 399 g/mol. The molecule has 1 rings (SSSR count). The van der Waals surface area contributed by atoms with E-state index in [0.29, 0.717) is 6.54 Å². The van der Waals surface area contributed by atoms with Gasteiger partial charge in [0.25, 0.3) is 5.91 Å². The molecule has 0 aliphatic carbocycles. The van der Waals surface area contributed by atoms with Crippen molar-refractivity contribution >= 4 is 27.8 Å². The fourth-order valence-corrected chi connectivity index (χ4v) is 3.04. The Balaban J connectivity index is 2.47. The third kappa shape index (κ3) is 7.35. The Morgan fingerprint density at radius 1 is 1.07 bits per heavy atom. The van der Waals surface area contributed by atoms with E-state index in [1.807, 2.05) is 6.92 Å². The molecule has 0 heterocycles. The molecule has 0 saturated heterocycles. The van der Waals surface area contributed by atoms with Crippen LogP contribution in [0.3, 0.4) is 0 Å². The van der Waals surface area contributed by atoms with Gasteiger partial charge in [0.15, 0.2) is 6.10 Å². The summed E-state index contributed by atoms with van der Waals surface area (Å²) in [6.45, 7) is 6.17. The van der Waals surface area contributed by atoms with E-state index >= 15 is 0 Å². The number of aryl methyl sites for hydroxylation is 2. The van der Waals surface area contributed by atoms with Crippen LogP contribution in [0.15, 0.2) is 23.1 Å². The highest BCUT2D eigenvalue weighted by Crippen LogP contribution is 2.14. The van der Waals surface area contributed by atoms with Gasteiger partial charge in [0.05, 0.1) is 11.4 Å². The van der Waals surface area contributed by atoms with Crippen molar-refractivity contribution in [3.63, 3.8) is 0 Å². The topological polar surface area (TPSA) is 131 Å². The SMILES string of the molecule is CCNC(=O)[C@H](C)OC(=O)CNC(=O)CNS(=O)(=O)c1ccc(C)c(C)c1. The number of nitrogens with one attached hydrogen (secondary N) is 3. The molecule has 1 aromatic rings. The van der Waals surface area contributed by atoms with Crippen LogP contribution in [0.4, 0.5) is 0 Å². The van der Waals surface area contributed by atoms with Crippen molar-refractivity contribution in [2.45, 2.75) is 38.7 Å². The Morgan fingerprint density at radius 3 is 2.33 bits per heavy atom. The molecule has 27 heavy (non-hydrogen) atoms. The van der Waals surface area contributed by atoms with Gasteiger partial charge in [-0.05, 0) is 51.0 Å². The lowest BCUT2D eigenvalue weighted by molar-refractivity contribution is -0.154. The summed E-state index contributed by atoms with van der Waals surface area (Å²) in [4.78, 5) is 34.9. The molecule has 3 N–H and O–H groups in total. The number of amides is 2. The summed E-state index contributed by atoms with van der Waals surface area (Å²) in [6.07, 6.45) is -0.988. The van der Waals surface area contributed by atoms with Crippen molar-refractivity contribution < 1.29 is 27.5 Å². The molecule has 0 spiro atoms. The van der Waals surface area contributed by atoms with Crippen molar-refractivity contribution in [2.24, 2.45) is 0 Å². The number of hydrogen-bond acceptors (Lipinski definition) is 6. The third-order valence-corrected chi connectivity index (χ3v) is 5.07. The van der Waals surface area contributed by atoms with Gasteiger partial charge in [-0.2, -0.15) is 0 Å². The molecule has 150 valence electrons. The lowest BCUT2D eigenvalue weighted by Gasteiger charge is -2.13. The fourth-order valence-electron chi connectivity index (χ4n) is 1.97. The summed E-state index contributed by atoms with van der Waals surface area (Å²) in [5.74, 6) is -1.96. The lowest BCUT2D eigenvalue weighted by atomic mass is 10.1. The van der Waals surface area contributed by atoms with Gasteiger partial charge < -0.3 is 15.4 Å². The van der Waals surface area contributed by atoms with Crippen molar-refractivity contribution in [2.75, 3.05) is 19.6 Å². The Kier molecular flexibility index (Phi) is 8.38. The molecule has 0 saturated carbocycles. The number of carbonyl (C=O) groups excluding carboxylic acids is 3. The molecular formula is C17H25N3O6S. The van der Waals surface area contributed by atoms with E-state index in [0.717, 1.165) is 11.1 Å². The van der Waals surface area contributed by atoms with Gasteiger partial charge in [-0.15, -0.1) is 0 Å². The number of likely N-dealkylation sites (N-methyl/N-ethyl adjacent to an activating group) is 1. The molecule has 1 atom stereocenters. The van der Waals surface area contributed by atoms with E-state index in [2.05, 4.69) is 15.4 Å². The zero-order chi connectivity index (χ0) is 20.6. The van der Waals surface area contributed by atoms with E-state index in [1.54, 1.807) is 19.9 Å². The second kappa shape index (κ2) is 10.0. The smallest absolute Gasteiger partial charge is 0.326 e. The highest BCUT2D eigenvalue weighted by molar-refractivity contribution is 7.89. The van der Waals surface area contributed by atoms with Gasteiger partial charge in [0, 0.05) is 6.54 Å². The maximum atomic E-state index is 12.2. The molecule has 0 aromatic heterocycles. The predicted molar refractivity (Wildman–Crippen MR) is 98.4 cm³/mol. The number of esters is 1. The van der Waals surface area contributed by atoms with Crippen LogP contribution in [0.25, 0.3) is 0 Å². The van der Waals surface area contributed by atoms with Crippen LogP contribution < -0.4 is 15.4 Å². The number of rotatable bonds is 9. The quantitative estimate of drug-likeness (QED) is 0.492. The highest BCUT2D eigenvalue weighted by Gasteiger charge is 2.19. The average Bonchev–Trinajstić information content (AvgIpc) is 2.60. The molecule has 0 fully saturated rings. The first-order valence-electron chi connectivity index (χ1n) is 8.37. The van der Waals surface area contributed by atoms with Crippen LogP contribution in [-0.4, -0.2) is 51.9 Å². The van der Waals surface area contributed by atoms with Crippen LogP contribution >= 0.6 is 0 Å². The number of ether oxygens (including phenoxy) is 1. The maximum Gasteiger partial charge on any atom is 0.326 e. The minimum Gasteiger partial charge on any atom is -0.451 e. The molecular weight excluding hydrogens is 374 g/mol. The van der Waals surface area contributed by atoms with Gasteiger partial charge in [-0.25, -0.2) is 13.1 Å². The van der Waals surface area contributed by atoms with E-state index in [4.69, 9.17) is 4.74 Å². The van der Waals surface area contributed by atoms with E-state index < -0.39 is 47.0 Å². The zero-order valence-corrected chi connectivity index (χ0v) is 16.6. The van der Waals surface area contributed by atoms with Gasteiger partial charge in [0.2, 0.25) is 15.9 Å². The van der Waals surface area contributed by atoms with E-state index in [9.17, 15) is 22.8 Å². The molecule has 0 aliphatic heterocycles. The third-order valence-electron chi connectivity index (χ3n) is 3.67. The van der Waals surface area contributed by atoms with Gasteiger partial charge in [-0.3, -0.25) is 14.4 Å². The monoisotopic (exact) mass is 399 g/mol. The molecule has 2 amide bonds. The van der Waals surface area contributed by atoms with E-state index in [1.165, 1.54) is 19.1 Å². The van der Waals surface area contributed by atoms with Crippen molar-refractivity contribution in [3.05, 3.63) is 29.3 Å². The van der Waals surface area contributed by atoms with Crippen molar-refractivity contribution in [1.29, 1.82) is 0 Å². The standard InChI is InChI=1S/C17H25N3O6S/c1-5-18-17(23)13(4)26-16(22)10-19-15(21)9-20-27(24,25)14-7-6-11(2)12(3)8-14/h6-8,13,20H,5,9-10H2,1-4H3,(H,18,23)(H,19,21)/t13-/m0/s1. The summed E-state index contributed by atoms with van der Waals surface area (Å²) >= 11 is 0. The van der Waals surface area contributed by atoms with Gasteiger partial charge in [-0.1, -0.05) is 6.07 Å². The summed E-state index contributed by atoms with van der Waals surface area (Å²) in [5, 5.41) is 4.73. The zero-order valence-electron chi connectivity index (χ0n) is 15.8. The maximum absolute atomic E-state index is 12.2. The molecule has 10 heteroatoms. The van der Waals surface area contributed by atoms with Gasteiger partial charge in [0.1, 0.15) is 6.54 Å². The minimum absolute atomic E-state index is 0.0496. The predicted octanol–water partition coefficient (Wildman–Crippen LogP) is -0.234. The van der Waals surface area contributed by atoms with Gasteiger partial charge >= 0.3 is 5.97 Å². The fraction of sp³-hybridized carbons (Fsp3) is 0.471. The Morgan fingerprint density at radius 2 is 1.74 bits per heavy atom. The first-order chi connectivity index (χ1) is 12.6. The number of hydrogen-bond donors (Lipinski definition) is 3. The van der Waals surface area contributed by atoms with E-state index in [-0.39, 0.29) is 4.90 Å². The first-order valence-corrected chi connectivity index (χ1v) is 9.86. The second-order valence-electron chi connectivity index (χ2n) is 5.87. The Labute approximate surface area is 158 Å². The summed E-state index contributed by atoms with van der Waals surface area (Å²) in [5.41, 5.74) is 1.76. The lowest BCUT2D eigenvalue weighted by Crippen LogP contribution is -2.41. The Bertz CT molecular complexity index is 807. The van der Waals surface area contributed by atoms with Crippen LogP contribution in [0.1, 0.15) is 25.0 Å². The Hall–Kier alpha value is -2.46. The first kappa shape index (κ1) is 22.6. The van der Waals surface area contributed by atoms with Crippen LogP contribution in [-0.2, 0) is 29.1 Å². The van der Waals surface area contributed by atoms with Crippen molar-refractivity contribution in [1.82, 2.24) is 15.4 Å². The van der Waals surface area contributed by atoms with Crippen LogP contribution in [0.2, 0.25) is 0 Å². The molecule has 9 nitrogen and oxygen atoms in total. The summed E-state index contributed by atoms with van der Waals surface area (Å²) in [6, 6.07) is 4.63. The number of benzene rings is 1. The number of carbonyl (C=O) groups is 3. The molecule has 0 bridgehead atoms. The molecule has 0 aliphatic rings.